The van der Waals surface area contributed by atoms with Gasteiger partial charge in [0.2, 0.25) is 5.88 Å². The SMILES string of the molecule is CCCc1nccnc1OC[C@@H](O)CNC(C)(C)C. The van der Waals surface area contributed by atoms with E-state index in [1.54, 1.807) is 12.4 Å². The molecule has 1 atom stereocenters. The highest BCUT2D eigenvalue weighted by atomic mass is 16.5. The molecule has 1 heterocycles. The van der Waals surface area contributed by atoms with Crippen LogP contribution in [0.4, 0.5) is 0 Å². The summed E-state index contributed by atoms with van der Waals surface area (Å²) in [5, 5.41) is 13.1. The van der Waals surface area contributed by atoms with Crippen molar-refractivity contribution in [2.24, 2.45) is 0 Å². The molecule has 5 nitrogen and oxygen atoms in total. The van der Waals surface area contributed by atoms with E-state index >= 15 is 0 Å². The fourth-order valence-corrected chi connectivity index (χ4v) is 1.54. The number of nitrogens with zero attached hydrogens (tertiary/aromatic N) is 2. The topological polar surface area (TPSA) is 67.3 Å². The van der Waals surface area contributed by atoms with Crippen LogP contribution in [0.15, 0.2) is 12.4 Å². The van der Waals surface area contributed by atoms with Crippen LogP contribution in [0.2, 0.25) is 0 Å². The molecular formula is C14H25N3O2. The lowest BCUT2D eigenvalue weighted by Crippen LogP contribution is -2.42. The number of hydrogen-bond donors (Lipinski definition) is 2. The molecule has 0 bridgehead atoms. The quantitative estimate of drug-likeness (QED) is 0.784. The minimum atomic E-state index is -0.560. The smallest absolute Gasteiger partial charge is 0.235 e. The Labute approximate surface area is 115 Å². The zero-order valence-electron chi connectivity index (χ0n) is 12.3. The van der Waals surface area contributed by atoms with Crippen molar-refractivity contribution in [3.05, 3.63) is 18.1 Å². The molecule has 0 amide bonds. The van der Waals surface area contributed by atoms with Crippen molar-refractivity contribution in [1.82, 2.24) is 15.3 Å². The third-order valence-electron chi connectivity index (χ3n) is 2.50. The van der Waals surface area contributed by atoms with E-state index in [9.17, 15) is 5.11 Å². The van der Waals surface area contributed by atoms with Crippen molar-refractivity contribution in [1.29, 1.82) is 0 Å². The number of β-amino-alcohol motifs (C(OH)–C–C–N with tert-alkyl or cyclic N) is 1. The highest BCUT2D eigenvalue weighted by Crippen LogP contribution is 2.13. The molecule has 0 aliphatic rings. The number of rotatable bonds is 7. The first-order valence-corrected chi connectivity index (χ1v) is 6.78. The van der Waals surface area contributed by atoms with Crippen LogP contribution in [0, 0.1) is 0 Å². The Morgan fingerprint density at radius 2 is 2.00 bits per heavy atom. The number of aliphatic hydroxyl groups is 1. The van der Waals surface area contributed by atoms with Gasteiger partial charge < -0.3 is 15.2 Å². The third-order valence-corrected chi connectivity index (χ3v) is 2.50. The van der Waals surface area contributed by atoms with Crippen LogP contribution < -0.4 is 10.1 Å². The molecule has 0 radical (unpaired) electrons. The van der Waals surface area contributed by atoms with E-state index in [1.807, 2.05) is 0 Å². The van der Waals surface area contributed by atoms with E-state index < -0.39 is 6.10 Å². The molecular weight excluding hydrogens is 242 g/mol. The molecule has 0 saturated heterocycles. The van der Waals surface area contributed by atoms with Gasteiger partial charge in [0, 0.05) is 24.5 Å². The van der Waals surface area contributed by atoms with Gasteiger partial charge in [-0.05, 0) is 27.2 Å². The van der Waals surface area contributed by atoms with Gasteiger partial charge in [0.1, 0.15) is 18.4 Å². The Morgan fingerprint density at radius 1 is 1.32 bits per heavy atom. The lowest BCUT2D eigenvalue weighted by Gasteiger charge is -2.23. The first kappa shape index (κ1) is 15.9. The van der Waals surface area contributed by atoms with Gasteiger partial charge in [0.25, 0.3) is 0 Å². The predicted octanol–water partition coefficient (Wildman–Crippen LogP) is 1.56. The van der Waals surface area contributed by atoms with Gasteiger partial charge in [-0.25, -0.2) is 4.98 Å². The van der Waals surface area contributed by atoms with Crippen molar-refractivity contribution in [3.63, 3.8) is 0 Å². The number of aryl methyl sites for hydroxylation is 1. The summed E-state index contributed by atoms with van der Waals surface area (Å²) in [6, 6.07) is 0. The molecule has 5 heteroatoms. The van der Waals surface area contributed by atoms with Crippen LogP contribution in [0.5, 0.6) is 5.88 Å². The summed E-state index contributed by atoms with van der Waals surface area (Å²) in [6.45, 7) is 8.97. The van der Waals surface area contributed by atoms with E-state index in [2.05, 4.69) is 43.0 Å². The lowest BCUT2D eigenvalue weighted by molar-refractivity contribution is 0.0969. The Morgan fingerprint density at radius 3 is 2.63 bits per heavy atom. The van der Waals surface area contributed by atoms with Crippen molar-refractivity contribution in [2.45, 2.75) is 52.2 Å². The molecule has 0 aromatic carbocycles. The molecule has 2 N–H and O–H groups in total. The van der Waals surface area contributed by atoms with Crippen LogP contribution in [-0.4, -0.2) is 39.9 Å². The fraction of sp³-hybridized carbons (Fsp3) is 0.714. The number of aromatic nitrogens is 2. The molecule has 0 aliphatic carbocycles. The van der Waals surface area contributed by atoms with E-state index in [0.29, 0.717) is 12.4 Å². The lowest BCUT2D eigenvalue weighted by atomic mass is 10.1. The van der Waals surface area contributed by atoms with Gasteiger partial charge >= 0.3 is 0 Å². The molecule has 1 rings (SSSR count). The van der Waals surface area contributed by atoms with Crippen molar-refractivity contribution in [3.8, 4) is 5.88 Å². The van der Waals surface area contributed by atoms with Crippen molar-refractivity contribution >= 4 is 0 Å². The summed E-state index contributed by atoms with van der Waals surface area (Å²) in [6.07, 6.45) is 4.53. The monoisotopic (exact) mass is 267 g/mol. The molecule has 1 aromatic heterocycles. The molecule has 0 aliphatic heterocycles. The van der Waals surface area contributed by atoms with Gasteiger partial charge in [0.15, 0.2) is 0 Å². The molecule has 0 saturated carbocycles. The minimum absolute atomic E-state index is 0.0130. The maximum absolute atomic E-state index is 9.86. The van der Waals surface area contributed by atoms with Crippen molar-refractivity contribution in [2.75, 3.05) is 13.2 Å². The second kappa shape index (κ2) is 7.40. The van der Waals surface area contributed by atoms with Crippen molar-refractivity contribution < 1.29 is 9.84 Å². The molecule has 1 aromatic rings. The zero-order chi connectivity index (χ0) is 14.3. The summed E-state index contributed by atoms with van der Waals surface area (Å²) in [4.78, 5) is 8.41. The van der Waals surface area contributed by atoms with E-state index in [-0.39, 0.29) is 12.1 Å². The number of hydrogen-bond acceptors (Lipinski definition) is 5. The van der Waals surface area contributed by atoms with Gasteiger partial charge in [-0.1, -0.05) is 13.3 Å². The Hall–Kier alpha value is -1.20. The maximum Gasteiger partial charge on any atom is 0.235 e. The van der Waals surface area contributed by atoms with E-state index in [1.165, 1.54) is 0 Å². The molecule has 0 fully saturated rings. The highest BCUT2D eigenvalue weighted by molar-refractivity contribution is 5.17. The van der Waals surface area contributed by atoms with E-state index in [0.717, 1.165) is 18.5 Å². The Balaban J connectivity index is 2.43. The summed E-state index contributed by atoms with van der Waals surface area (Å²) in [5.41, 5.74) is 0.835. The number of aliphatic hydroxyl groups excluding tert-OH is 1. The van der Waals surface area contributed by atoms with Gasteiger partial charge in [-0.3, -0.25) is 4.98 Å². The molecule has 0 unspecified atom stereocenters. The average molecular weight is 267 g/mol. The molecule has 108 valence electrons. The summed E-state index contributed by atoms with van der Waals surface area (Å²) in [7, 11) is 0. The molecule has 0 spiro atoms. The van der Waals surface area contributed by atoms with Crippen LogP contribution in [0.3, 0.4) is 0 Å². The van der Waals surface area contributed by atoms with Crippen LogP contribution >= 0.6 is 0 Å². The van der Waals surface area contributed by atoms with Gasteiger partial charge in [-0.15, -0.1) is 0 Å². The van der Waals surface area contributed by atoms with Gasteiger partial charge in [-0.2, -0.15) is 0 Å². The summed E-state index contributed by atoms with van der Waals surface area (Å²) < 4.78 is 5.55. The second-order valence-electron chi connectivity index (χ2n) is 5.65. The fourth-order valence-electron chi connectivity index (χ4n) is 1.54. The first-order valence-electron chi connectivity index (χ1n) is 6.78. The molecule has 19 heavy (non-hydrogen) atoms. The summed E-state index contributed by atoms with van der Waals surface area (Å²) in [5.74, 6) is 0.527. The van der Waals surface area contributed by atoms with Gasteiger partial charge in [0.05, 0.1) is 0 Å². The van der Waals surface area contributed by atoms with Crippen LogP contribution in [-0.2, 0) is 6.42 Å². The Bertz CT molecular complexity index is 377. The summed E-state index contributed by atoms with van der Waals surface area (Å²) >= 11 is 0. The van der Waals surface area contributed by atoms with Crippen LogP contribution in [0.25, 0.3) is 0 Å². The average Bonchev–Trinajstić information content (AvgIpc) is 2.35. The second-order valence-corrected chi connectivity index (χ2v) is 5.65. The zero-order valence-corrected chi connectivity index (χ0v) is 12.3. The number of ether oxygens (including phenoxy) is 1. The van der Waals surface area contributed by atoms with E-state index in [4.69, 9.17) is 4.74 Å². The predicted molar refractivity (Wildman–Crippen MR) is 75.3 cm³/mol. The standard InChI is InChI=1S/C14H25N3O2/c1-5-6-12-13(16-8-7-15-12)19-10-11(18)9-17-14(2,3)4/h7-8,11,17-18H,5-6,9-10H2,1-4H3/t11-/m0/s1. The third kappa shape index (κ3) is 6.50. The largest absolute Gasteiger partial charge is 0.474 e. The maximum atomic E-state index is 9.86. The minimum Gasteiger partial charge on any atom is -0.474 e. The normalized spacial score (nSPS) is 13.3. The first-order chi connectivity index (χ1) is 8.92. The Kier molecular flexibility index (Phi) is 6.18. The highest BCUT2D eigenvalue weighted by Gasteiger charge is 2.13. The van der Waals surface area contributed by atoms with Crippen LogP contribution in [0.1, 0.15) is 39.8 Å². The number of nitrogens with one attached hydrogen (secondary N) is 1.